The molecule has 2 amide bonds. The summed E-state index contributed by atoms with van der Waals surface area (Å²) in [7, 11) is 0. The zero-order valence-corrected chi connectivity index (χ0v) is 36.1. The summed E-state index contributed by atoms with van der Waals surface area (Å²) in [5.41, 5.74) is 18.4. The number of nitrogens with one attached hydrogen (secondary N) is 2. The van der Waals surface area contributed by atoms with Crippen molar-refractivity contribution in [2.45, 2.75) is 52.7 Å². The number of aliphatic hydroxyl groups is 2. The van der Waals surface area contributed by atoms with Crippen LogP contribution in [0.2, 0.25) is 0 Å². The molecule has 328 valence electrons. The predicted octanol–water partition coefficient (Wildman–Crippen LogP) is 7.59. The van der Waals surface area contributed by atoms with E-state index >= 15 is 0 Å². The van der Waals surface area contributed by atoms with Crippen LogP contribution < -0.4 is 22.1 Å². The first-order chi connectivity index (χ1) is 30.4. The summed E-state index contributed by atoms with van der Waals surface area (Å²) in [4.78, 5) is 46.6. The van der Waals surface area contributed by atoms with Crippen LogP contribution in [0.3, 0.4) is 0 Å². The number of amides is 2. The Hall–Kier alpha value is -7.47. The molecule has 8 aromatic rings. The summed E-state index contributed by atoms with van der Waals surface area (Å²) in [6.07, 6.45) is 6.36. The Balaban J connectivity index is 0.000000194. The number of nitrogen functional groups attached to an aromatic ring is 1. The van der Waals surface area contributed by atoms with Gasteiger partial charge >= 0.3 is 6.03 Å². The van der Waals surface area contributed by atoms with Crippen LogP contribution in [0.1, 0.15) is 39.1 Å². The van der Waals surface area contributed by atoms with Gasteiger partial charge in [-0.1, -0.05) is 12.1 Å². The van der Waals surface area contributed by atoms with Crippen LogP contribution in [0.25, 0.3) is 66.6 Å². The van der Waals surface area contributed by atoms with E-state index in [0.717, 1.165) is 55.4 Å². The Bertz CT molecular complexity index is 2900. The van der Waals surface area contributed by atoms with Crippen LogP contribution in [0.15, 0.2) is 110 Å². The van der Waals surface area contributed by atoms with Gasteiger partial charge in [-0.2, -0.15) is 0 Å². The standard InChI is InChI=1S/C24H23FN6O2.C19H14FN5.C4H11NO/c1-14-18-10-16(6-9-20(18)29-13-28-14)19-11-26-22(31-23(32)27-12-24(2,3)33)30-21(19)15-4-7-17(25)8-5-15;1-11-15-8-13(4-7-17(15)24-10-23-11)16-9-22-19(21)25-18(16)12-2-5-14(20)6-3-12;1-4(2,6)3-5/h4-11,13,33H,12H2,1-3H3,(H2,26,27,30,31,32);2-10H,1H3,(H2,21,22,25);6H,3,5H2,1-2H3. The van der Waals surface area contributed by atoms with E-state index < -0.39 is 17.2 Å². The minimum absolute atomic E-state index is 0.0558. The maximum Gasteiger partial charge on any atom is 0.321 e. The van der Waals surface area contributed by atoms with E-state index in [2.05, 4.69) is 50.5 Å². The summed E-state index contributed by atoms with van der Waals surface area (Å²) >= 11 is 0. The lowest BCUT2D eigenvalue weighted by atomic mass is 9.99. The average molecular weight is 867 g/mol. The molecule has 4 aromatic heterocycles. The molecule has 0 saturated carbocycles. The molecular formula is C47H48F2N12O3. The first-order valence-electron chi connectivity index (χ1n) is 20.0. The highest BCUT2D eigenvalue weighted by molar-refractivity contribution is 5.92. The number of carbonyl (C=O) groups is 1. The summed E-state index contributed by atoms with van der Waals surface area (Å²) in [6, 6.07) is 23.2. The summed E-state index contributed by atoms with van der Waals surface area (Å²) in [5.74, 6) is -0.419. The highest BCUT2D eigenvalue weighted by Crippen LogP contribution is 2.34. The second-order valence-corrected chi connectivity index (χ2v) is 16.0. The van der Waals surface area contributed by atoms with Crippen molar-refractivity contribution in [3.63, 3.8) is 0 Å². The van der Waals surface area contributed by atoms with Gasteiger partial charge in [-0.25, -0.2) is 53.4 Å². The number of nitrogens with two attached hydrogens (primary N) is 2. The van der Waals surface area contributed by atoms with Gasteiger partial charge < -0.3 is 27.0 Å². The Morgan fingerprint density at radius 1 is 0.625 bits per heavy atom. The van der Waals surface area contributed by atoms with Crippen molar-refractivity contribution < 1.29 is 23.8 Å². The third-order valence-electron chi connectivity index (χ3n) is 9.53. The molecular weight excluding hydrogens is 819 g/mol. The van der Waals surface area contributed by atoms with E-state index in [0.29, 0.717) is 29.1 Å². The average Bonchev–Trinajstić information content (AvgIpc) is 3.26. The molecule has 17 heteroatoms. The highest BCUT2D eigenvalue weighted by atomic mass is 19.1. The maximum absolute atomic E-state index is 13.5. The summed E-state index contributed by atoms with van der Waals surface area (Å²) in [6.45, 7) is 10.7. The van der Waals surface area contributed by atoms with Gasteiger partial charge in [0.2, 0.25) is 11.9 Å². The SMILES string of the molecule is CC(C)(O)CN.Cc1ncnc2ccc(-c3cnc(N)nc3-c3ccc(F)cc3)cc12.Cc1ncnc2ccc(-c3cnc(NC(=O)NCC(C)(C)O)nc3-c3ccc(F)cc3)cc12. The molecule has 0 aliphatic heterocycles. The topological polar surface area (TPSA) is 237 Å². The van der Waals surface area contributed by atoms with Crippen molar-refractivity contribution in [1.29, 1.82) is 0 Å². The molecule has 0 bridgehead atoms. The Morgan fingerprint density at radius 2 is 1.06 bits per heavy atom. The lowest BCUT2D eigenvalue weighted by Crippen LogP contribution is -2.40. The molecule has 0 aliphatic rings. The fourth-order valence-corrected chi connectivity index (χ4v) is 6.06. The number of hydrogen-bond donors (Lipinski definition) is 6. The molecule has 8 N–H and O–H groups in total. The van der Waals surface area contributed by atoms with Gasteiger partial charge in [0.15, 0.2) is 0 Å². The van der Waals surface area contributed by atoms with Crippen molar-refractivity contribution in [1.82, 2.24) is 45.2 Å². The van der Waals surface area contributed by atoms with E-state index in [9.17, 15) is 18.7 Å². The van der Waals surface area contributed by atoms with E-state index in [1.165, 1.54) is 30.6 Å². The third-order valence-corrected chi connectivity index (χ3v) is 9.53. The first-order valence-corrected chi connectivity index (χ1v) is 20.0. The van der Waals surface area contributed by atoms with Crippen molar-refractivity contribution in [2.24, 2.45) is 5.73 Å². The van der Waals surface area contributed by atoms with Crippen molar-refractivity contribution in [2.75, 3.05) is 24.1 Å². The maximum atomic E-state index is 13.5. The van der Waals surface area contributed by atoms with Crippen LogP contribution in [0.4, 0.5) is 25.5 Å². The first kappa shape index (κ1) is 46.0. The minimum Gasteiger partial charge on any atom is -0.389 e. The zero-order valence-electron chi connectivity index (χ0n) is 36.1. The number of anilines is 2. The van der Waals surface area contributed by atoms with Gasteiger partial charge in [0, 0.05) is 69.9 Å². The minimum atomic E-state index is -1.06. The van der Waals surface area contributed by atoms with Gasteiger partial charge in [0.1, 0.15) is 24.3 Å². The molecule has 15 nitrogen and oxygen atoms in total. The van der Waals surface area contributed by atoms with Crippen LogP contribution >= 0.6 is 0 Å². The Labute approximate surface area is 368 Å². The molecule has 0 unspecified atom stereocenters. The molecule has 0 atom stereocenters. The Morgan fingerprint density at radius 3 is 1.52 bits per heavy atom. The van der Waals surface area contributed by atoms with E-state index in [1.807, 2.05) is 50.2 Å². The molecule has 0 radical (unpaired) electrons. The smallest absolute Gasteiger partial charge is 0.321 e. The molecule has 0 spiro atoms. The number of aromatic nitrogens is 8. The summed E-state index contributed by atoms with van der Waals surface area (Å²) in [5, 5.41) is 25.5. The zero-order chi connectivity index (χ0) is 46.2. The predicted molar refractivity (Wildman–Crippen MR) is 244 cm³/mol. The molecule has 64 heavy (non-hydrogen) atoms. The molecule has 8 rings (SSSR count). The van der Waals surface area contributed by atoms with Crippen LogP contribution in [-0.4, -0.2) is 80.4 Å². The van der Waals surface area contributed by atoms with Crippen molar-refractivity contribution >= 4 is 39.7 Å². The fraction of sp³-hybridized carbons (Fsp3) is 0.213. The van der Waals surface area contributed by atoms with Crippen LogP contribution in [-0.2, 0) is 0 Å². The highest BCUT2D eigenvalue weighted by Gasteiger charge is 2.18. The number of carbonyl (C=O) groups excluding carboxylic acids is 1. The number of hydrogen-bond acceptors (Lipinski definition) is 13. The van der Waals surface area contributed by atoms with E-state index in [1.54, 1.807) is 70.7 Å². The van der Waals surface area contributed by atoms with Gasteiger partial charge in [0.25, 0.3) is 0 Å². The van der Waals surface area contributed by atoms with E-state index in [-0.39, 0.29) is 30.1 Å². The number of rotatable bonds is 8. The lowest BCUT2D eigenvalue weighted by Gasteiger charge is -2.18. The van der Waals surface area contributed by atoms with Crippen LogP contribution in [0.5, 0.6) is 0 Å². The fourth-order valence-electron chi connectivity index (χ4n) is 6.06. The second-order valence-electron chi connectivity index (χ2n) is 16.0. The summed E-state index contributed by atoms with van der Waals surface area (Å²) < 4.78 is 26.8. The normalized spacial score (nSPS) is 11.3. The second kappa shape index (κ2) is 19.7. The molecule has 0 fully saturated rings. The molecule has 0 aliphatic carbocycles. The lowest BCUT2D eigenvalue weighted by molar-refractivity contribution is 0.0825. The number of urea groups is 1. The monoisotopic (exact) mass is 866 g/mol. The number of fused-ring (bicyclic) bond motifs is 2. The largest absolute Gasteiger partial charge is 0.389 e. The van der Waals surface area contributed by atoms with Crippen molar-refractivity contribution in [3.05, 3.63) is 133 Å². The molecule has 0 saturated heterocycles. The van der Waals surface area contributed by atoms with Gasteiger partial charge in [-0.3, -0.25) is 5.32 Å². The number of nitrogens with zero attached hydrogens (tertiary/aromatic N) is 8. The quantitative estimate of drug-likeness (QED) is 0.0864. The third kappa shape index (κ3) is 12.1. The van der Waals surface area contributed by atoms with Gasteiger partial charge in [0.05, 0.1) is 33.6 Å². The van der Waals surface area contributed by atoms with E-state index in [4.69, 9.17) is 16.6 Å². The number of aryl methyl sites for hydroxylation is 2. The van der Waals surface area contributed by atoms with Crippen molar-refractivity contribution in [3.8, 4) is 44.8 Å². The molecule has 4 aromatic carbocycles. The Kier molecular flexibility index (Phi) is 14.2. The van der Waals surface area contributed by atoms with Gasteiger partial charge in [-0.05, 0) is 125 Å². The van der Waals surface area contributed by atoms with Gasteiger partial charge in [-0.15, -0.1) is 0 Å². The number of benzene rings is 4. The number of halogens is 2. The molecule has 4 heterocycles. The van der Waals surface area contributed by atoms with Crippen LogP contribution in [0, 0.1) is 25.5 Å².